The highest BCUT2D eigenvalue weighted by Crippen LogP contribution is 2.25. The number of methoxy groups -OCH3 is 2. The second kappa shape index (κ2) is 10.8. The van der Waals surface area contributed by atoms with Crippen LogP contribution in [0.25, 0.3) is 0 Å². The minimum absolute atomic E-state index is 0.0374. The molecule has 0 unspecified atom stereocenters. The Morgan fingerprint density at radius 1 is 1.12 bits per heavy atom. The van der Waals surface area contributed by atoms with Gasteiger partial charge in [-0.3, -0.25) is 4.79 Å². The summed E-state index contributed by atoms with van der Waals surface area (Å²) < 4.78 is 52.3. The number of rotatable bonds is 11. The lowest BCUT2D eigenvalue weighted by Crippen LogP contribution is -2.37. The number of hydrogen-bond acceptors (Lipinski definition) is 6. The van der Waals surface area contributed by atoms with E-state index in [9.17, 15) is 22.4 Å². The van der Waals surface area contributed by atoms with Gasteiger partial charge in [-0.15, -0.1) is 0 Å². The fourth-order valence-corrected chi connectivity index (χ4v) is 5.16. The van der Waals surface area contributed by atoms with E-state index in [1.54, 1.807) is 18.4 Å². The largest absolute Gasteiger partial charge is 0.464 e. The van der Waals surface area contributed by atoms with Crippen LogP contribution >= 0.6 is 0 Å². The lowest BCUT2D eigenvalue weighted by Gasteiger charge is -2.22. The molecule has 32 heavy (non-hydrogen) atoms. The summed E-state index contributed by atoms with van der Waals surface area (Å²) in [6.45, 7) is 5.54. The van der Waals surface area contributed by atoms with Crippen molar-refractivity contribution in [3.63, 3.8) is 0 Å². The van der Waals surface area contributed by atoms with Gasteiger partial charge in [0, 0.05) is 38.1 Å². The van der Waals surface area contributed by atoms with Crippen molar-refractivity contribution in [1.29, 1.82) is 0 Å². The predicted molar refractivity (Wildman–Crippen MR) is 117 cm³/mol. The number of halogens is 1. The number of hydrogen-bond donors (Lipinski definition) is 0. The molecule has 2 aromatic rings. The molecule has 0 saturated carbocycles. The summed E-state index contributed by atoms with van der Waals surface area (Å²) in [6.07, 6.45) is 0.367. The van der Waals surface area contributed by atoms with E-state index in [0.29, 0.717) is 36.4 Å². The average Bonchev–Trinajstić information content (AvgIpc) is 3.02. The Kier molecular flexibility index (Phi) is 8.71. The molecule has 1 aromatic carbocycles. The molecule has 0 amide bonds. The van der Waals surface area contributed by atoms with Gasteiger partial charge in [-0.25, -0.2) is 17.6 Å². The first-order valence-corrected chi connectivity index (χ1v) is 11.6. The van der Waals surface area contributed by atoms with E-state index in [1.165, 1.54) is 14.2 Å². The Morgan fingerprint density at radius 2 is 1.75 bits per heavy atom. The summed E-state index contributed by atoms with van der Waals surface area (Å²) in [7, 11) is -1.30. The van der Waals surface area contributed by atoms with Crippen LogP contribution in [0.1, 0.15) is 45.4 Å². The van der Waals surface area contributed by atoms with Gasteiger partial charge in [-0.2, -0.15) is 4.31 Å². The SMILES string of the molecule is CCn1c(C)c(C(=O)CN(CCCOC)S(=O)(=O)c2ccc(F)cc2)c(C)c1C(=O)OC. The predicted octanol–water partition coefficient (Wildman–Crippen LogP) is 2.96. The maximum absolute atomic E-state index is 13.3. The number of sulfonamides is 1. The van der Waals surface area contributed by atoms with Crippen molar-refractivity contribution in [3.8, 4) is 0 Å². The number of esters is 1. The Hall–Kier alpha value is -2.56. The van der Waals surface area contributed by atoms with Gasteiger partial charge in [0.25, 0.3) is 0 Å². The van der Waals surface area contributed by atoms with Crippen molar-refractivity contribution < 1.29 is 31.9 Å². The zero-order valence-electron chi connectivity index (χ0n) is 19.0. The lowest BCUT2D eigenvalue weighted by molar-refractivity contribution is 0.0587. The van der Waals surface area contributed by atoms with Crippen LogP contribution in [-0.4, -0.2) is 63.0 Å². The molecule has 0 N–H and O–H groups in total. The topological polar surface area (TPSA) is 94.9 Å². The average molecular weight is 469 g/mol. The molecule has 0 aliphatic carbocycles. The fraction of sp³-hybridized carbons (Fsp3) is 0.455. The highest BCUT2D eigenvalue weighted by molar-refractivity contribution is 7.89. The minimum atomic E-state index is -4.07. The minimum Gasteiger partial charge on any atom is -0.464 e. The van der Waals surface area contributed by atoms with Crippen molar-refractivity contribution in [1.82, 2.24) is 8.87 Å². The Bertz CT molecular complexity index is 1080. The van der Waals surface area contributed by atoms with E-state index < -0.39 is 34.1 Å². The quantitative estimate of drug-likeness (QED) is 0.286. The number of nitrogens with zero attached hydrogens (tertiary/aromatic N) is 2. The molecule has 10 heteroatoms. The molecule has 0 aliphatic rings. The van der Waals surface area contributed by atoms with Gasteiger partial charge < -0.3 is 14.0 Å². The molecule has 0 spiro atoms. The highest BCUT2D eigenvalue weighted by atomic mass is 32.2. The zero-order valence-corrected chi connectivity index (χ0v) is 19.8. The first-order valence-electron chi connectivity index (χ1n) is 10.2. The van der Waals surface area contributed by atoms with E-state index in [0.717, 1.165) is 28.6 Å². The summed E-state index contributed by atoms with van der Waals surface area (Å²) in [6, 6.07) is 4.44. The molecule has 0 bridgehead atoms. The van der Waals surface area contributed by atoms with E-state index in [4.69, 9.17) is 9.47 Å². The van der Waals surface area contributed by atoms with Crippen molar-refractivity contribution >= 4 is 21.8 Å². The van der Waals surface area contributed by atoms with Crippen molar-refractivity contribution in [2.75, 3.05) is 33.9 Å². The van der Waals surface area contributed by atoms with Gasteiger partial charge in [0.2, 0.25) is 10.0 Å². The summed E-state index contributed by atoms with van der Waals surface area (Å²) in [5, 5.41) is 0. The van der Waals surface area contributed by atoms with E-state index in [2.05, 4.69) is 0 Å². The molecule has 0 saturated heterocycles. The number of carbonyl (C=O) groups is 2. The second-order valence-corrected chi connectivity index (χ2v) is 9.17. The van der Waals surface area contributed by atoms with E-state index in [1.807, 2.05) is 6.92 Å². The molecule has 176 valence electrons. The molecule has 8 nitrogen and oxygen atoms in total. The van der Waals surface area contributed by atoms with Gasteiger partial charge in [-0.1, -0.05) is 0 Å². The van der Waals surface area contributed by atoms with E-state index in [-0.39, 0.29) is 17.1 Å². The van der Waals surface area contributed by atoms with Gasteiger partial charge in [0.15, 0.2) is 5.78 Å². The van der Waals surface area contributed by atoms with E-state index >= 15 is 0 Å². The smallest absolute Gasteiger partial charge is 0.354 e. The summed E-state index contributed by atoms with van der Waals surface area (Å²) in [4.78, 5) is 25.4. The molecule has 0 radical (unpaired) electrons. The molecule has 0 atom stereocenters. The molecule has 1 heterocycles. The zero-order chi connectivity index (χ0) is 24.1. The molecule has 0 fully saturated rings. The van der Waals surface area contributed by atoms with Crippen LogP contribution in [0.15, 0.2) is 29.2 Å². The Labute approximate surface area is 188 Å². The number of Topliss-reactive ketones (excluding diaryl/α,β-unsaturated/α-hetero) is 1. The number of carbonyl (C=O) groups excluding carboxylic acids is 2. The Balaban J connectivity index is 2.46. The first-order chi connectivity index (χ1) is 15.1. The Morgan fingerprint density at radius 3 is 2.28 bits per heavy atom. The second-order valence-electron chi connectivity index (χ2n) is 7.23. The summed E-state index contributed by atoms with van der Waals surface area (Å²) in [5.74, 6) is -1.57. The van der Waals surface area contributed by atoms with Crippen molar-refractivity contribution in [3.05, 3.63) is 52.6 Å². The summed E-state index contributed by atoms with van der Waals surface area (Å²) in [5.41, 5.74) is 1.56. The van der Waals surface area contributed by atoms with Gasteiger partial charge in [0.1, 0.15) is 11.5 Å². The van der Waals surface area contributed by atoms with Crippen LogP contribution in [0.2, 0.25) is 0 Å². The van der Waals surface area contributed by atoms with Crippen LogP contribution in [0.3, 0.4) is 0 Å². The highest BCUT2D eigenvalue weighted by Gasteiger charge is 2.31. The van der Waals surface area contributed by atoms with Gasteiger partial charge in [-0.05, 0) is 57.0 Å². The van der Waals surface area contributed by atoms with Gasteiger partial charge in [0.05, 0.1) is 18.6 Å². The summed E-state index contributed by atoms with van der Waals surface area (Å²) >= 11 is 0. The van der Waals surface area contributed by atoms with Crippen LogP contribution < -0.4 is 0 Å². The lowest BCUT2D eigenvalue weighted by atomic mass is 10.1. The monoisotopic (exact) mass is 468 g/mol. The molecule has 2 rings (SSSR count). The third-order valence-corrected chi connectivity index (χ3v) is 7.13. The maximum atomic E-state index is 13.3. The standard InChI is InChI=1S/C22H29FN2O6S/c1-6-25-16(3)20(15(2)21(25)22(27)31-5)19(26)14-24(12-7-13-30-4)32(28,29)18-10-8-17(23)9-11-18/h8-11H,6-7,12-14H2,1-5H3. The van der Waals surface area contributed by atoms with Crippen LogP contribution in [0.5, 0.6) is 0 Å². The van der Waals surface area contributed by atoms with Crippen LogP contribution in [0, 0.1) is 19.7 Å². The maximum Gasteiger partial charge on any atom is 0.354 e. The third-order valence-electron chi connectivity index (χ3n) is 5.27. The van der Waals surface area contributed by atoms with Gasteiger partial charge >= 0.3 is 5.97 Å². The first kappa shape index (κ1) is 25.7. The number of ketones is 1. The van der Waals surface area contributed by atoms with Crippen LogP contribution in [-0.2, 0) is 26.0 Å². The van der Waals surface area contributed by atoms with Crippen LogP contribution in [0.4, 0.5) is 4.39 Å². The normalized spacial score (nSPS) is 11.7. The fourth-order valence-electron chi connectivity index (χ4n) is 3.73. The molecule has 1 aromatic heterocycles. The number of benzene rings is 1. The van der Waals surface area contributed by atoms with Crippen molar-refractivity contribution in [2.24, 2.45) is 0 Å². The molecular formula is C22H29FN2O6S. The molecule has 0 aliphatic heterocycles. The molecular weight excluding hydrogens is 439 g/mol. The third kappa shape index (κ3) is 5.25. The number of ether oxygens (including phenoxy) is 2. The van der Waals surface area contributed by atoms with Crippen molar-refractivity contribution in [2.45, 2.75) is 38.6 Å². The number of aromatic nitrogens is 1.